The van der Waals surface area contributed by atoms with Gasteiger partial charge >= 0.3 is 6.09 Å². The topological polar surface area (TPSA) is 50.4 Å². The van der Waals surface area contributed by atoms with Gasteiger partial charge in [0.1, 0.15) is 5.60 Å². The number of hydrogen-bond donors (Lipinski definition) is 2. The van der Waals surface area contributed by atoms with Gasteiger partial charge in [-0.3, -0.25) is 0 Å². The van der Waals surface area contributed by atoms with Gasteiger partial charge in [0.2, 0.25) is 0 Å². The number of carbonyl (C=O) groups is 1. The molecule has 0 aromatic rings. The molecule has 2 N–H and O–H groups in total. The Morgan fingerprint density at radius 3 is 2.55 bits per heavy atom. The molecule has 22 heavy (non-hydrogen) atoms. The molecular weight excluding hydrogens is 276 g/mol. The highest BCUT2D eigenvalue weighted by atomic mass is 16.6. The molecule has 128 valence electrons. The molecule has 4 heteroatoms. The lowest BCUT2D eigenvalue weighted by Crippen LogP contribution is -2.46. The number of ether oxygens (including phenoxy) is 1. The highest BCUT2D eigenvalue weighted by molar-refractivity contribution is 5.68. The van der Waals surface area contributed by atoms with Crippen molar-refractivity contribution in [2.45, 2.75) is 77.9 Å². The zero-order chi connectivity index (χ0) is 16.2. The molecule has 2 fully saturated rings. The summed E-state index contributed by atoms with van der Waals surface area (Å²) in [7, 11) is 0. The Labute approximate surface area is 135 Å². The first kappa shape index (κ1) is 17.6. The first-order valence-electron chi connectivity index (χ1n) is 9.03. The normalized spacial score (nSPS) is 27.3. The van der Waals surface area contributed by atoms with Gasteiger partial charge in [-0.1, -0.05) is 19.8 Å². The van der Waals surface area contributed by atoms with Crippen molar-refractivity contribution in [1.29, 1.82) is 0 Å². The molecule has 0 bridgehead atoms. The van der Waals surface area contributed by atoms with Gasteiger partial charge < -0.3 is 15.4 Å². The summed E-state index contributed by atoms with van der Waals surface area (Å²) in [6.45, 7) is 10.0. The van der Waals surface area contributed by atoms with Gasteiger partial charge in [0.25, 0.3) is 0 Å². The Hall–Kier alpha value is -0.770. The summed E-state index contributed by atoms with van der Waals surface area (Å²) in [5, 5.41) is 6.65. The summed E-state index contributed by atoms with van der Waals surface area (Å²) >= 11 is 0. The minimum absolute atomic E-state index is 0.218. The van der Waals surface area contributed by atoms with E-state index in [9.17, 15) is 4.79 Å². The van der Waals surface area contributed by atoms with Crippen LogP contribution in [0, 0.1) is 17.8 Å². The fourth-order valence-corrected chi connectivity index (χ4v) is 3.48. The van der Waals surface area contributed by atoms with Crippen molar-refractivity contribution in [3.05, 3.63) is 0 Å². The van der Waals surface area contributed by atoms with Crippen molar-refractivity contribution >= 4 is 6.09 Å². The molecule has 2 aliphatic carbocycles. The van der Waals surface area contributed by atoms with Crippen LogP contribution in [0.5, 0.6) is 0 Å². The van der Waals surface area contributed by atoms with Crippen LogP contribution >= 0.6 is 0 Å². The van der Waals surface area contributed by atoms with Crippen molar-refractivity contribution in [1.82, 2.24) is 10.6 Å². The fraction of sp³-hybridized carbons (Fsp3) is 0.944. The number of hydrogen-bond acceptors (Lipinski definition) is 3. The molecule has 0 heterocycles. The largest absolute Gasteiger partial charge is 0.444 e. The van der Waals surface area contributed by atoms with Gasteiger partial charge in [-0.15, -0.1) is 0 Å². The van der Waals surface area contributed by atoms with Crippen molar-refractivity contribution in [3.8, 4) is 0 Å². The van der Waals surface area contributed by atoms with Gasteiger partial charge in [0.15, 0.2) is 0 Å². The molecule has 1 amide bonds. The fourth-order valence-electron chi connectivity index (χ4n) is 3.48. The Kier molecular flexibility index (Phi) is 6.13. The lowest BCUT2D eigenvalue weighted by Gasteiger charge is -2.28. The molecule has 0 aromatic carbocycles. The molecule has 2 aliphatic rings. The average molecular weight is 310 g/mol. The standard InChI is InChI=1S/C18H34N2O2/c1-13-6-5-7-14(10-13)11-19-12-16(15-8-9-15)20-17(21)22-18(2,3)4/h13-16,19H,5-12H2,1-4H3,(H,20,21). The summed E-state index contributed by atoms with van der Waals surface area (Å²) in [6, 6.07) is 0.218. The second kappa shape index (κ2) is 7.67. The highest BCUT2D eigenvalue weighted by Gasteiger charge is 2.33. The maximum atomic E-state index is 11.9. The van der Waals surface area contributed by atoms with Crippen LogP contribution in [0.25, 0.3) is 0 Å². The van der Waals surface area contributed by atoms with Crippen LogP contribution in [-0.4, -0.2) is 30.8 Å². The monoisotopic (exact) mass is 310 g/mol. The molecule has 0 aromatic heterocycles. The van der Waals surface area contributed by atoms with Gasteiger partial charge in [-0.05, 0) is 70.8 Å². The molecule has 3 unspecified atom stereocenters. The van der Waals surface area contributed by atoms with Crippen LogP contribution in [0.15, 0.2) is 0 Å². The quantitative estimate of drug-likeness (QED) is 0.786. The number of amides is 1. The van der Waals surface area contributed by atoms with Crippen molar-refractivity contribution in [3.63, 3.8) is 0 Å². The number of rotatable bonds is 6. The average Bonchev–Trinajstić information content (AvgIpc) is 3.19. The van der Waals surface area contributed by atoms with Gasteiger partial charge in [0.05, 0.1) is 0 Å². The van der Waals surface area contributed by atoms with E-state index in [2.05, 4.69) is 17.6 Å². The van der Waals surface area contributed by atoms with Crippen molar-refractivity contribution < 1.29 is 9.53 Å². The van der Waals surface area contributed by atoms with Gasteiger partial charge in [-0.25, -0.2) is 4.79 Å². The van der Waals surface area contributed by atoms with Crippen molar-refractivity contribution in [2.24, 2.45) is 17.8 Å². The summed E-state index contributed by atoms with van der Waals surface area (Å²) in [4.78, 5) is 11.9. The van der Waals surface area contributed by atoms with E-state index < -0.39 is 5.60 Å². The van der Waals surface area contributed by atoms with E-state index in [-0.39, 0.29) is 12.1 Å². The smallest absolute Gasteiger partial charge is 0.407 e. The number of carbonyl (C=O) groups excluding carboxylic acids is 1. The predicted molar refractivity (Wildman–Crippen MR) is 89.9 cm³/mol. The molecule has 2 saturated carbocycles. The van der Waals surface area contributed by atoms with Crippen molar-refractivity contribution in [2.75, 3.05) is 13.1 Å². The molecule has 0 spiro atoms. The van der Waals surface area contributed by atoms with E-state index >= 15 is 0 Å². The van der Waals surface area contributed by atoms with Gasteiger partial charge in [0, 0.05) is 12.6 Å². The molecule has 4 nitrogen and oxygen atoms in total. The minimum Gasteiger partial charge on any atom is -0.444 e. The maximum Gasteiger partial charge on any atom is 0.407 e. The zero-order valence-corrected chi connectivity index (χ0v) is 14.8. The molecule has 3 atom stereocenters. The van der Waals surface area contributed by atoms with E-state index in [1.54, 1.807) is 0 Å². The molecular formula is C18H34N2O2. The summed E-state index contributed by atoms with van der Waals surface area (Å²) in [5.41, 5.74) is -0.427. The molecule has 2 rings (SSSR count). The number of alkyl carbamates (subject to hydrolysis) is 1. The second-order valence-electron chi connectivity index (χ2n) is 8.39. The van der Waals surface area contributed by atoms with Gasteiger partial charge in [-0.2, -0.15) is 0 Å². The summed E-state index contributed by atoms with van der Waals surface area (Å²) < 4.78 is 5.38. The van der Waals surface area contributed by atoms with Crippen LogP contribution in [0.1, 0.15) is 66.2 Å². The van der Waals surface area contributed by atoms with Crippen LogP contribution in [0.4, 0.5) is 4.79 Å². The SMILES string of the molecule is CC1CCCC(CNCC(NC(=O)OC(C)(C)C)C2CC2)C1. The van der Waals surface area contributed by atoms with E-state index in [4.69, 9.17) is 4.74 Å². The van der Waals surface area contributed by atoms with Crippen LogP contribution in [-0.2, 0) is 4.74 Å². The highest BCUT2D eigenvalue weighted by Crippen LogP contribution is 2.33. The van der Waals surface area contributed by atoms with Crippen LogP contribution in [0.2, 0.25) is 0 Å². The third kappa shape index (κ3) is 6.55. The first-order valence-corrected chi connectivity index (χ1v) is 9.03. The second-order valence-corrected chi connectivity index (χ2v) is 8.39. The number of nitrogens with one attached hydrogen (secondary N) is 2. The summed E-state index contributed by atoms with van der Waals surface area (Å²) in [6.07, 6.45) is 7.63. The van der Waals surface area contributed by atoms with E-state index in [0.717, 1.165) is 24.9 Å². The lowest BCUT2D eigenvalue weighted by atomic mass is 9.82. The van der Waals surface area contributed by atoms with Crippen LogP contribution in [0.3, 0.4) is 0 Å². The Bertz CT molecular complexity index is 361. The predicted octanol–water partition coefficient (Wildman–Crippen LogP) is 3.71. The minimum atomic E-state index is -0.427. The Morgan fingerprint density at radius 1 is 1.23 bits per heavy atom. The first-order chi connectivity index (χ1) is 10.3. The third-order valence-corrected chi connectivity index (χ3v) is 4.74. The maximum absolute atomic E-state index is 11.9. The third-order valence-electron chi connectivity index (χ3n) is 4.74. The van der Waals surface area contributed by atoms with E-state index in [1.807, 2.05) is 20.8 Å². The molecule has 0 aliphatic heterocycles. The van der Waals surface area contributed by atoms with E-state index in [1.165, 1.54) is 38.5 Å². The Morgan fingerprint density at radius 2 is 1.95 bits per heavy atom. The van der Waals surface area contributed by atoms with E-state index in [0.29, 0.717) is 5.92 Å². The lowest BCUT2D eigenvalue weighted by molar-refractivity contribution is 0.0497. The zero-order valence-electron chi connectivity index (χ0n) is 14.8. The summed E-state index contributed by atoms with van der Waals surface area (Å²) in [5.74, 6) is 2.31. The van der Waals surface area contributed by atoms with Crippen LogP contribution < -0.4 is 10.6 Å². The Balaban J connectivity index is 1.69. The molecule has 0 saturated heterocycles. The molecule has 0 radical (unpaired) electrons.